The third-order valence-electron chi connectivity index (χ3n) is 4.81. The first-order chi connectivity index (χ1) is 12.6. The summed E-state index contributed by atoms with van der Waals surface area (Å²) in [6.07, 6.45) is 4.16. The van der Waals surface area contributed by atoms with E-state index in [4.69, 9.17) is 0 Å². The van der Waals surface area contributed by atoms with Crippen LogP contribution in [0.2, 0.25) is 0 Å². The van der Waals surface area contributed by atoms with Gasteiger partial charge in [0, 0.05) is 4.88 Å². The molecule has 26 heavy (non-hydrogen) atoms. The predicted octanol–water partition coefficient (Wildman–Crippen LogP) is 2.61. The second-order valence-electron chi connectivity index (χ2n) is 6.64. The van der Waals surface area contributed by atoms with Crippen LogP contribution >= 0.6 is 11.3 Å². The summed E-state index contributed by atoms with van der Waals surface area (Å²) in [7, 11) is 0. The van der Waals surface area contributed by atoms with E-state index in [1.165, 1.54) is 9.56 Å². The SMILES string of the molecule is CC(NC(=O)Cn1nnc2sc3c(c2c1=O)CCCC3)c1ccccc1. The molecular formula is C19H20N4O2S. The van der Waals surface area contributed by atoms with Gasteiger partial charge in [0.1, 0.15) is 6.54 Å². The van der Waals surface area contributed by atoms with Crippen molar-refractivity contribution >= 4 is 27.5 Å². The van der Waals surface area contributed by atoms with E-state index >= 15 is 0 Å². The minimum absolute atomic E-state index is 0.121. The van der Waals surface area contributed by atoms with Crippen molar-refractivity contribution in [1.29, 1.82) is 0 Å². The molecule has 0 bridgehead atoms. The molecular weight excluding hydrogens is 348 g/mol. The standard InChI is InChI=1S/C19H20N4O2S/c1-12(13-7-3-2-4-8-13)20-16(24)11-23-19(25)17-14-9-5-6-10-15(14)26-18(17)21-22-23/h2-4,7-8,12H,5-6,9-11H2,1H3,(H,20,24). The minimum atomic E-state index is -0.249. The number of hydrogen-bond acceptors (Lipinski definition) is 5. The molecule has 1 unspecified atom stereocenters. The first-order valence-electron chi connectivity index (χ1n) is 8.86. The number of aryl methyl sites for hydroxylation is 2. The number of nitrogens with one attached hydrogen (secondary N) is 1. The molecule has 2 aromatic heterocycles. The number of thiophene rings is 1. The van der Waals surface area contributed by atoms with Crippen LogP contribution in [0.25, 0.3) is 10.2 Å². The number of nitrogens with zero attached hydrogens (tertiary/aromatic N) is 3. The molecule has 0 radical (unpaired) electrons. The molecule has 1 aromatic carbocycles. The maximum absolute atomic E-state index is 12.8. The van der Waals surface area contributed by atoms with Gasteiger partial charge in [0.05, 0.1) is 11.4 Å². The average molecular weight is 368 g/mol. The van der Waals surface area contributed by atoms with Gasteiger partial charge in [0.25, 0.3) is 5.56 Å². The molecule has 0 fully saturated rings. The second-order valence-corrected chi connectivity index (χ2v) is 7.73. The lowest BCUT2D eigenvalue weighted by Crippen LogP contribution is -2.35. The van der Waals surface area contributed by atoms with Crippen LogP contribution in [-0.2, 0) is 24.2 Å². The van der Waals surface area contributed by atoms with Crippen molar-refractivity contribution in [1.82, 2.24) is 20.3 Å². The largest absolute Gasteiger partial charge is 0.348 e. The van der Waals surface area contributed by atoms with Crippen LogP contribution < -0.4 is 10.9 Å². The van der Waals surface area contributed by atoms with Crippen molar-refractivity contribution in [3.05, 3.63) is 56.7 Å². The summed E-state index contributed by atoms with van der Waals surface area (Å²) in [6.45, 7) is 1.80. The molecule has 0 aliphatic heterocycles. The van der Waals surface area contributed by atoms with E-state index in [0.717, 1.165) is 36.8 Å². The van der Waals surface area contributed by atoms with Crippen molar-refractivity contribution in [3.63, 3.8) is 0 Å². The second kappa shape index (κ2) is 6.99. The Hall–Kier alpha value is -2.54. The van der Waals surface area contributed by atoms with Crippen LogP contribution in [0.3, 0.4) is 0 Å². The summed E-state index contributed by atoms with van der Waals surface area (Å²) in [5, 5.41) is 11.7. The summed E-state index contributed by atoms with van der Waals surface area (Å²) in [5.74, 6) is -0.249. The quantitative estimate of drug-likeness (QED) is 0.768. The first-order valence-corrected chi connectivity index (χ1v) is 9.67. The van der Waals surface area contributed by atoms with Gasteiger partial charge >= 0.3 is 0 Å². The molecule has 6 nitrogen and oxygen atoms in total. The Kier molecular flexibility index (Phi) is 4.55. The number of amides is 1. The zero-order valence-corrected chi connectivity index (χ0v) is 15.4. The number of carbonyl (C=O) groups is 1. The molecule has 0 saturated carbocycles. The zero-order valence-electron chi connectivity index (χ0n) is 14.6. The molecule has 0 spiro atoms. The number of fused-ring (bicyclic) bond motifs is 3. The lowest BCUT2D eigenvalue weighted by atomic mass is 9.97. The molecule has 1 aliphatic carbocycles. The molecule has 4 rings (SSSR count). The van der Waals surface area contributed by atoms with E-state index in [1.807, 2.05) is 37.3 Å². The first kappa shape index (κ1) is 16.9. The van der Waals surface area contributed by atoms with Gasteiger partial charge in [-0.1, -0.05) is 35.5 Å². The normalized spacial score (nSPS) is 14.8. The average Bonchev–Trinajstić information content (AvgIpc) is 3.04. The van der Waals surface area contributed by atoms with Gasteiger partial charge in [-0.15, -0.1) is 16.4 Å². The molecule has 1 aliphatic rings. The topological polar surface area (TPSA) is 76.9 Å². The third-order valence-corrected chi connectivity index (χ3v) is 5.99. The summed E-state index contributed by atoms with van der Waals surface area (Å²) in [6, 6.07) is 9.58. The highest BCUT2D eigenvalue weighted by atomic mass is 32.1. The summed E-state index contributed by atoms with van der Waals surface area (Å²) in [5.41, 5.74) is 1.92. The van der Waals surface area contributed by atoms with Crippen molar-refractivity contribution in [2.75, 3.05) is 0 Å². The van der Waals surface area contributed by atoms with Crippen molar-refractivity contribution in [2.24, 2.45) is 0 Å². The van der Waals surface area contributed by atoms with Gasteiger partial charge in [-0.05, 0) is 43.7 Å². The Bertz CT molecular complexity index is 1010. The zero-order chi connectivity index (χ0) is 18.1. The molecule has 7 heteroatoms. The molecule has 134 valence electrons. The Morgan fingerprint density at radius 2 is 2.04 bits per heavy atom. The van der Waals surface area contributed by atoms with Crippen LogP contribution in [0.4, 0.5) is 0 Å². The van der Waals surface area contributed by atoms with E-state index in [1.54, 1.807) is 11.3 Å². The van der Waals surface area contributed by atoms with Crippen LogP contribution in [0, 0.1) is 0 Å². The monoisotopic (exact) mass is 368 g/mol. The molecule has 0 saturated heterocycles. The molecule has 2 heterocycles. The number of rotatable bonds is 4. The van der Waals surface area contributed by atoms with Gasteiger partial charge in [-0.3, -0.25) is 9.59 Å². The van der Waals surface area contributed by atoms with E-state index in [2.05, 4.69) is 15.6 Å². The maximum atomic E-state index is 12.8. The highest BCUT2D eigenvalue weighted by Gasteiger charge is 2.21. The Labute approximate surface area is 154 Å². The van der Waals surface area contributed by atoms with E-state index in [0.29, 0.717) is 10.2 Å². The fraction of sp³-hybridized carbons (Fsp3) is 0.368. The maximum Gasteiger partial charge on any atom is 0.279 e. The summed E-state index contributed by atoms with van der Waals surface area (Å²) in [4.78, 5) is 27.2. The summed E-state index contributed by atoms with van der Waals surface area (Å²) >= 11 is 1.56. The van der Waals surface area contributed by atoms with Crippen LogP contribution in [0.5, 0.6) is 0 Å². The van der Waals surface area contributed by atoms with Crippen LogP contribution in [0.1, 0.15) is 41.8 Å². The van der Waals surface area contributed by atoms with E-state index in [-0.39, 0.29) is 24.1 Å². The number of benzene rings is 1. The van der Waals surface area contributed by atoms with Crippen molar-refractivity contribution < 1.29 is 4.79 Å². The van der Waals surface area contributed by atoms with Gasteiger partial charge in [0.15, 0.2) is 4.83 Å². The lowest BCUT2D eigenvalue weighted by Gasteiger charge is -2.14. The number of carbonyl (C=O) groups excluding carboxylic acids is 1. The Morgan fingerprint density at radius 1 is 1.27 bits per heavy atom. The Balaban J connectivity index is 1.56. The highest BCUT2D eigenvalue weighted by Crippen LogP contribution is 2.33. The molecule has 1 N–H and O–H groups in total. The lowest BCUT2D eigenvalue weighted by molar-refractivity contribution is -0.122. The van der Waals surface area contributed by atoms with Gasteiger partial charge in [0.2, 0.25) is 5.91 Å². The van der Waals surface area contributed by atoms with Gasteiger partial charge < -0.3 is 5.32 Å². The minimum Gasteiger partial charge on any atom is -0.348 e. The van der Waals surface area contributed by atoms with E-state index < -0.39 is 0 Å². The Morgan fingerprint density at radius 3 is 2.85 bits per heavy atom. The van der Waals surface area contributed by atoms with Crippen LogP contribution in [0.15, 0.2) is 35.1 Å². The fourth-order valence-corrected chi connectivity index (χ4v) is 4.66. The van der Waals surface area contributed by atoms with Crippen molar-refractivity contribution in [3.8, 4) is 0 Å². The number of hydrogen-bond donors (Lipinski definition) is 1. The highest BCUT2D eigenvalue weighted by molar-refractivity contribution is 7.18. The van der Waals surface area contributed by atoms with Crippen molar-refractivity contribution in [2.45, 2.75) is 45.2 Å². The molecule has 3 aromatic rings. The number of aromatic nitrogens is 3. The summed E-state index contributed by atoms with van der Waals surface area (Å²) < 4.78 is 1.18. The predicted molar refractivity (Wildman–Crippen MR) is 101 cm³/mol. The van der Waals surface area contributed by atoms with Crippen LogP contribution in [-0.4, -0.2) is 20.9 Å². The van der Waals surface area contributed by atoms with E-state index in [9.17, 15) is 9.59 Å². The molecule has 1 amide bonds. The smallest absolute Gasteiger partial charge is 0.279 e. The third kappa shape index (κ3) is 3.14. The molecule has 1 atom stereocenters. The fourth-order valence-electron chi connectivity index (χ4n) is 3.46. The van der Waals surface area contributed by atoms with Gasteiger partial charge in [-0.2, -0.15) is 0 Å². The van der Waals surface area contributed by atoms with Gasteiger partial charge in [-0.25, -0.2) is 4.68 Å².